The summed E-state index contributed by atoms with van der Waals surface area (Å²) < 4.78 is 30.3. The van der Waals surface area contributed by atoms with Gasteiger partial charge in [-0.3, -0.25) is 14.4 Å². The summed E-state index contributed by atoms with van der Waals surface area (Å²) >= 11 is 0. The number of nitrogens with zero attached hydrogens (tertiary/aromatic N) is 1. The number of fused-ring (bicyclic) bond motifs is 1. The molecule has 1 unspecified atom stereocenters. The summed E-state index contributed by atoms with van der Waals surface area (Å²) in [6, 6.07) is 7.17. The van der Waals surface area contributed by atoms with Crippen molar-refractivity contribution >= 4 is 38.6 Å². The summed E-state index contributed by atoms with van der Waals surface area (Å²) in [5.41, 5.74) is 0.571. The molecular weight excluding hydrogens is 434 g/mol. The summed E-state index contributed by atoms with van der Waals surface area (Å²) in [6.07, 6.45) is 2.21. The third-order valence-electron chi connectivity index (χ3n) is 5.38. The van der Waals surface area contributed by atoms with Crippen LogP contribution in [0, 0.1) is 5.92 Å². The molecule has 174 valence electrons. The average Bonchev–Trinajstić information content (AvgIpc) is 3.05. The van der Waals surface area contributed by atoms with Gasteiger partial charge in [-0.2, -0.15) is 4.31 Å². The van der Waals surface area contributed by atoms with E-state index in [2.05, 4.69) is 10.6 Å². The van der Waals surface area contributed by atoms with Crippen LogP contribution in [-0.2, 0) is 19.6 Å². The molecule has 10 heteroatoms. The quantitative estimate of drug-likeness (QED) is 0.644. The maximum absolute atomic E-state index is 13.0. The van der Waals surface area contributed by atoms with E-state index in [4.69, 9.17) is 4.42 Å². The van der Waals surface area contributed by atoms with E-state index in [9.17, 15) is 22.8 Å². The molecule has 9 nitrogen and oxygen atoms in total. The zero-order valence-electron chi connectivity index (χ0n) is 18.5. The molecule has 2 heterocycles. The van der Waals surface area contributed by atoms with E-state index in [0.29, 0.717) is 24.8 Å². The first-order valence-electron chi connectivity index (χ1n) is 10.6. The number of furan rings is 1. The first-order chi connectivity index (χ1) is 15.0. The van der Waals surface area contributed by atoms with Gasteiger partial charge in [0, 0.05) is 11.9 Å². The Kier molecular flexibility index (Phi) is 7.35. The highest BCUT2D eigenvalue weighted by Gasteiger charge is 2.32. The first kappa shape index (κ1) is 23.9. The zero-order chi connectivity index (χ0) is 23.5. The molecule has 2 amide bonds. The van der Waals surface area contributed by atoms with Crippen molar-refractivity contribution in [2.24, 2.45) is 5.92 Å². The van der Waals surface area contributed by atoms with Crippen LogP contribution in [0.15, 0.2) is 34.7 Å². The topological polar surface area (TPSA) is 126 Å². The Hall–Kier alpha value is -2.72. The van der Waals surface area contributed by atoms with Gasteiger partial charge in [0.2, 0.25) is 15.9 Å². The smallest absolute Gasteiger partial charge is 0.287 e. The van der Waals surface area contributed by atoms with Crippen molar-refractivity contribution in [1.29, 1.82) is 0 Å². The van der Waals surface area contributed by atoms with Crippen molar-refractivity contribution in [1.82, 2.24) is 14.9 Å². The number of amides is 2. The van der Waals surface area contributed by atoms with Crippen LogP contribution in [0.4, 0.5) is 0 Å². The van der Waals surface area contributed by atoms with Crippen LogP contribution in [-0.4, -0.2) is 61.7 Å². The van der Waals surface area contributed by atoms with E-state index in [0.717, 1.165) is 15.9 Å². The maximum atomic E-state index is 13.0. The molecule has 2 atom stereocenters. The molecule has 3 rings (SSSR count). The highest BCUT2D eigenvalue weighted by molar-refractivity contribution is 7.88. The van der Waals surface area contributed by atoms with Crippen LogP contribution in [0.1, 0.15) is 43.7 Å². The summed E-state index contributed by atoms with van der Waals surface area (Å²) in [7, 11) is -3.49. The highest BCUT2D eigenvalue weighted by atomic mass is 32.2. The second-order valence-corrected chi connectivity index (χ2v) is 10.6. The number of sulfonamides is 1. The number of hydrogen-bond acceptors (Lipinski definition) is 6. The zero-order valence-corrected chi connectivity index (χ0v) is 19.3. The summed E-state index contributed by atoms with van der Waals surface area (Å²) in [6.45, 7) is 3.81. The molecule has 0 aliphatic carbocycles. The van der Waals surface area contributed by atoms with Gasteiger partial charge >= 0.3 is 0 Å². The molecule has 1 saturated heterocycles. The van der Waals surface area contributed by atoms with Crippen molar-refractivity contribution in [3.8, 4) is 0 Å². The van der Waals surface area contributed by atoms with Gasteiger partial charge in [0.15, 0.2) is 11.5 Å². The van der Waals surface area contributed by atoms with Gasteiger partial charge in [0.05, 0.1) is 18.8 Å². The van der Waals surface area contributed by atoms with Crippen LogP contribution in [0.25, 0.3) is 11.0 Å². The number of ketones is 1. The molecule has 1 aliphatic heterocycles. The fraction of sp³-hybridized carbons (Fsp3) is 0.500. The molecule has 0 saturated carbocycles. The Morgan fingerprint density at radius 3 is 2.62 bits per heavy atom. The van der Waals surface area contributed by atoms with E-state index >= 15 is 0 Å². The summed E-state index contributed by atoms with van der Waals surface area (Å²) in [4.78, 5) is 38.3. The minimum Gasteiger partial charge on any atom is -0.451 e. The van der Waals surface area contributed by atoms with Gasteiger partial charge in [-0.1, -0.05) is 32.0 Å². The Morgan fingerprint density at radius 1 is 1.25 bits per heavy atom. The number of rotatable bonds is 7. The lowest BCUT2D eigenvalue weighted by Gasteiger charge is -2.23. The monoisotopic (exact) mass is 463 g/mol. The second-order valence-electron chi connectivity index (χ2n) is 8.57. The van der Waals surface area contributed by atoms with Crippen molar-refractivity contribution in [3.63, 3.8) is 0 Å². The van der Waals surface area contributed by atoms with E-state index in [1.165, 1.54) is 0 Å². The predicted molar refractivity (Wildman–Crippen MR) is 120 cm³/mol. The average molecular weight is 464 g/mol. The van der Waals surface area contributed by atoms with Gasteiger partial charge in [-0.15, -0.1) is 0 Å². The van der Waals surface area contributed by atoms with Gasteiger partial charge in [0.25, 0.3) is 5.91 Å². The lowest BCUT2D eigenvalue weighted by molar-refractivity contribution is -0.129. The molecule has 0 bridgehead atoms. The van der Waals surface area contributed by atoms with Crippen molar-refractivity contribution in [2.75, 3.05) is 19.3 Å². The number of hydrogen-bond donors (Lipinski definition) is 2. The Bertz CT molecular complexity index is 1070. The summed E-state index contributed by atoms with van der Waals surface area (Å²) in [5, 5.41) is 6.21. The third kappa shape index (κ3) is 5.95. The molecule has 1 aromatic heterocycles. The summed E-state index contributed by atoms with van der Waals surface area (Å²) in [5.74, 6) is -1.16. The maximum Gasteiger partial charge on any atom is 0.287 e. The number of carbonyl (C=O) groups excluding carboxylic acids is 3. The molecule has 1 fully saturated rings. The fourth-order valence-corrected chi connectivity index (χ4v) is 4.55. The van der Waals surface area contributed by atoms with Crippen LogP contribution in [0.3, 0.4) is 0 Å². The number of Topliss-reactive ketones (excluding diaryl/α,β-unsaturated/α-hetero) is 1. The lowest BCUT2D eigenvalue weighted by atomic mass is 10.0. The van der Waals surface area contributed by atoms with E-state index in [1.807, 2.05) is 26.0 Å². The normalized spacial score (nSPS) is 19.0. The van der Waals surface area contributed by atoms with Gasteiger partial charge in [-0.25, -0.2) is 8.42 Å². The van der Waals surface area contributed by atoms with E-state index in [1.54, 1.807) is 18.2 Å². The van der Waals surface area contributed by atoms with Crippen LogP contribution >= 0.6 is 0 Å². The van der Waals surface area contributed by atoms with Crippen LogP contribution < -0.4 is 10.6 Å². The van der Waals surface area contributed by atoms with Crippen LogP contribution in [0.5, 0.6) is 0 Å². The molecular formula is C22H29N3O6S. The Labute approximate surface area is 187 Å². The van der Waals surface area contributed by atoms with Gasteiger partial charge < -0.3 is 15.1 Å². The van der Waals surface area contributed by atoms with E-state index in [-0.39, 0.29) is 30.6 Å². The molecule has 1 aliphatic rings. The minimum absolute atomic E-state index is 0.0992. The number of carbonyl (C=O) groups is 3. The molecule has 1 aromatic carbocycles. The lowest BCUT2D eigenvalue weighted by Crippen LogP contribution is -2.52. The number of para-hydroxylation sites is 1. The third-order valence-corrected chi connectivity index (χ3v) is 6.63. The fourth-order valence-electron chi connectivity index (χ4n) is 3.73. The largest absolute Gasteiger partial charge is 0.451 e. The van der Waals surface area contributed by atoms with Gasteiger partial charge in [-0.05, 0) is 37.3 Å². The molecule has 2 aromatic rings. The first-order valence-corrected chi connectivity index (χ1v) is 12.5. The predicted octanol–water partition coefficient (Wildman–Crippen LogP) is 1.69. The molecule has 0 spiro atoms. The highest BCUT2D eigenvalue weighted by Crippen LogP contribution is 2.19. The van der Waals surface area contributed by atoms with E-state index < -0.39 is 33.9 Å². The molecule has 0 radical (unpaired) electrons. The van der Waals surface area contributed by atoms with Gasteiger partial charge in [0.1, 0.15) is 11.6 Å². The minimum atomic E-state index is -3.49. The Morgan fingerprint density at radius 2 is 1.97 bits per heavy atom. The number of nitrogens with one attached hydrogen (secondary N) is 2. The van der Waals surface area contributed by atoms with Crippen molar-refractivity contribution < 1.29 is 27.2 Å². The van der Waals surface area contributed by atoms with Crippen molar-refractivity contribution in [3.05, 3.63) is 36.1 Å². The number of benzene rings is 1. The SMILES string of the molecule is CC(C)C[C@H](NC(=O)c1cc2ccccc2o1)C(=O)NC1CCCN(S(C)(=O)=O)CC1=O. The van der Waals surface area contributed by atoms with Crippen LogP contribution in [0.2, 0.25) is 0 Å². The van der Waals surface area contributed by atoms with Crippen molar-refractivity contribution in [2.45, 2.75) is 45.2 Å². The Balaban J connectivity index is 1.70. The molecule has 2 N–H and O–H groups in total. The second kappa shape index (κ2) is 9.83. The molecule has 32 heavy (non-hydrogen) atoms. The standard InChI is InChI=1S/C22H29N3O6S/c1-14(2)11-17(24-22(28)20-12-15-7-4-5-9-19(15)31-20)21(27)23-16-8-6-10-25(13-18(16)26)32(3,29)30/h4-5,7,9,12,14,16-17H,6,8,10-11,13H2,1-3H3,(H,23,27)(H,24,28)/t16?,17-/m0/s1.